The molecule has 2 aromatic heterocycles. The Morgan fingerprint density at radius 3 is 1.40 bits per heavy atom. The number of nitro groups is 3. The van der Waals surface area contributed by atoms with Gasteiger partial charge in [0, 0.05) is 71.9 Å². The zero-order chi connectivity index (χ0) is 74.8. The minimum Gasteiger partial charge on any atom is -0.594 e. The van der Waals surface area contributed by atoms with E-state index in [4.69, 9.17) is 23.1 Å². The number of rotatable bonds is 6. The highest BCUT2D eigenvalue weighted by Gasteiger charge is 2.28. The number of fused-ring (bicyclic) bond motifs is 11. The molecule has 0 bridgehead atoms. The average molecular weight is 1460 g/mol. The minimum absolute atomic E-state index is 0. The van der Waals surface area contributed by atoms with Gasteiger partial charge in [0.2, 0.25) is 17.7 Å². The zero-order valence-corrected chi connectivity index (χ0v) is 60.1. The Hall–Kier alpha value is -11.2. The Bertz CT molecular complexity index is 4680. The fourth-order valence-corrected chi connectivity index (χ4v) is 15.1. The third-order valence-electron chi connectivity index (χ3n) is 19.7. The third kappa shape index (κ3) is 20.2. The smallest absolute Gasteiger partial charge is 0.296 e. The van der Waals surface area contributed by atoms with E-state index in [0.29, 0.717) is 48.9 Å². The molecule has 9 aromatic rings. The van der Waals surface area contributed by atoms with Gasteiger partial charge in [-0.15, -0.1) is 0 Å². The number of nitrogens with two attached hydrogens (primary N) is 2. The van der Waals surface area contributed by atoms with Crippen LogP contribution in [0.4, 0.5) is 45.8 Å². The molecule has 7 aliphatic carbocycles. The maximum Gasteiger partial charge on any atom is 0.296 e. The van der Waals surface area contributed by atoms with E-state index < -0.39 is 9.85 Å². The van der Waals surface area contributed by atoms with Gasteiger partial charge >= 0.3 is 0 Å². The number of ketones is 1. The summed E-state index contributed by atoms with van der Waals surface area (Å²) in [5, 5.41) is 71.5. The van der Waals surface area contributed by atoms with Gasteiger partial charge in [0.25, 0.3) is 39.3 Å². The summed E-state index contributed by atoms with van der Waals surface area (Å²) in [6.45, 7) is 4.24. The van der Waals surface area contributed by atoms with Crippen molar-refractivity contribution in [2.45, 2.75) is 202 Å². The molecule has 0 atom stereocenters. The van der Waals surface area contributed by atoms with Crippen LogP contribution in [-0.2, 0) is 97.9 Å². The molecule has 27 heteroatoms. The summed E-state index contributed by atoms with van der Waals surface area (Å²) in [4.78, 5) is 85.3. The van der Waals surface area contributed by atoms with Gasteiger partial charge < -0.3 is 37.8 Å². The predicted molar refractivity (Wildman–Crippen MR) is 410 cm³/mol. The number of aromatic nitrogens is 6. The quantitative estimate of drug-likeness (QED) is 0.0339. The van der Waals surface area contributed by atoms with Crippen LogP contribution in [0.1, 0.15) is 201 Å². The van der Waals surface area contributed by atoms with E-state index in [1.165, 1.54) is 73.8 Å². The Labute approximate surface area is 619 Å². The molecule has 0 saturated carbocycles. The van der Waals surface area contributed by atoms with Crippen LogP contribution in [0, 0.1) is 40.8 Å². The summed E-state index contributed by atoms with van der Waals surface area (Å²) in [6.07, 6.45) is 27.8. The number of nitrogen functional groups attached to an aromatic ring is 2. The first-order valence-corrected chi connectivity index (χ1v) is 36.3. The lowest BCUT2D eigenvalue weighted by molar-refractivity contribution is -0.643. The number of aryl methyl sites for hydroxylation is 11. The van der Waals surface area contributed by atoms with E-state index in [2.05, 4.69) is 48.2 Å². The summed E-state index contributed by atoms with van der Waals surface area (Å²) in [6, 6.07) is 32.3. The number of hydrogen-bond donors (Lipinski definition) is 5. The molecule has 0 aliphatic heterocycles. The molecule has 0 saturated heterocycles. The maximum atomic E-state index is 11.8. The van der Waals surface area contributed by atoms with Gasteiger partial charge in [0.1, 0.15) is 28.1 Å². The molecule has 3 amide bonds. The Kier molecular flexibility index (Phi) is 27.6. The van der Waals surface area contributed by atoms with Gasteiger partial charge in [-0.3, -0.25) is 49.5 Å². The molecular formula is C79H91ClN14O12. The highest BCUT2D eigenvalue weighted by molar-refractivity contribution is 6.28. The number of halogens is 1. The van der Waals surface area contributed by atoms with E-state index in [-0.39, 0.29) is 64.1 Å². The molecule has 16 rings (SSSR count). The molecule has 0 fully saturated rings. The van der Waals surface area contributed by atoms with Crippen molar-refractivity contribution in [3.63, 3.8) is 0 Å². The number of nitrogens with one attached hydrogen (secondary N) is 3. The monoisotopic (exact) mass is 1460 g/mol. The largest absolute Gasteiger partial charge is 0.594 e. The molecule has 7 N–H and O–H groups in total. The highest BCUT2D eigenvalue weighted by atomic mass is 35.5. The Morgan fingerprint density at radius 2 is 0.858 bits per heavy atom. The topological polar surface area (TPSA) is 391 Å². The zero-order valence-electron chi connectivity index (χ0n) is 59.4. The van der Waals surface area contributed by atoms with Gasteiger partial charge in [-0.1, -0.05) is 62.0 Å². The number of anilines is 5. The molecule has 106 heavy (non-hydrogen) atoms. The van der Waals surface area contributed by atoms with Crippen LogP contribution in [-0.4, -0.2) is 58.4 Å². The molecule has 0 unspecified atom stereocenters. The number of benzene rings is 7. The SMILES string of the molecule is C.CC(=O)Nc1cc2c(cc1[N+](=O)[O-])CCCC2.CC(=O)Nc1ccc2c(c1)CCCC2.CC(=O)Nc1ccc2c(c1[N+](=O)[O-])CCCC2.Nc1ccc2c(c1[N+](=O)[O-])CCCC2.Nc1nc2ccc3c(c2[n+]([O-])n1)CCCC3.O=C1CCCc2ccccc21.[O-][n+]1nc(Cl)nc2ccc3c(c21)CCCC3. The number of nitro benzene ring substituents is 3. The second-order valence-corrected chi connectivity index (χ2v) is 27.4. The van der Waals surface area contributed by atoms with Crippen molar-refractivity contribution in [1.82, 2.24) is 20.2 Å². The third-order valence-corrected chi connectivity index (χ3v) is 19.8. The van der Waals surface area contributed by atoms with Gasteiger partial charge in [-0.25, -0.2) is 9.97 Å². The number of amides is 3. The summed E-state index contributed by atoms with van der Waals surface area (Å²) in [5.74, 6) is -0.237. The minimum atomic E-state index is -0.444. The normalized spacial score (nSPS) is 14.6. The number of hydrogen-bond acceptors (Lipinski definition) is 18. The molecular weight excluding hydrogens is 1370 g/mol. The number of nitrogens with zero attached hydrogens (tertiary/aromatic N) is 9. The average Bonchev–Trinajstić information content (AvgIpc) is 0.782. The van der Waals surface area contributed by atoms with Crippen molar-refractivity contribution in [2.75, 3.05) is 27.4 Å². The van der Waals surface area contributed by atoms with E-state index in [1.807, 2.05) is 66.7 Å². The number of Topliss-reactive ketones (excluding diaryl/α,β-unsaturated/α-hetero) is 1. The van der Waals surface area contributed by atoms with Crippen LogP contribution < -0.4 is 37.1 Å². The number of carbonyl (C=O) groups is 4. The second kappa shape index (κ2) is 37.0. The molecule has 0 spiro atoms. The van der Waals surface area contributed by atoms with Crippen LogP contribution in [0.5, 0.6) is 0 Å². The van der Waals surface area contributed by atoms with Gasteiger partial charge in [-0.05, 0) is 281 Å². The molecule has 7 aliphatic rings. The van der Waals surface area contributed by atoms with Crippen molar-refractivity contribution in [1.29, 1.82) is 0 Å². The summed E-state index contributed by atoms with van der Waals surface area (Å²) < 4.78 is 0. The standard InChI is InChI=1S/2C12H14N2O3.C12H15NO.C11H10ClN3O.C11H12N4O.C10H12N2O2.C10H10O.CH4/c1-8(15)13-11-6-9-4-2-3-5-10(9)7-12(11)14(16)17;1-8(15)13-11-7-6-9-4-2-3-5-10(9)12(11)14(16)17;1-9(14)13-12-7-6-10-4-2-3-5-11(10)8-12;2*12-11-13-9-6-5-7-3-1-2-4-8(7)10(9)15(16)14-11;11-9-6-5-7-3-1-2-4-8(7)10(9)12(13)14;11-10-7-3-5-8-4-1-2-6-9(8)10;/h2*6-7H,2-5H2,1H3,(H,13,15);6-8H,2-5H2,1H3,(H,13,14);5-6H,1-4H2;5-6H,1-4H2,(H2,12,13,14);5-6H,1-4,11H2;1-2,4,6H,3,5,7H2;1H4. The van der Waals surface area contributed by atoms with E-state index in [0.717, 1.165) is 197 Å². The molecule has 2 heterocycles. The summed E-state index contributed by atoms with van der Waals surface area (Å²) in [5.41, 5.74) is 31.2. The molecule has 556 valence electrons. The van der Waals surface area contributed by atoms with Crippen molar-refractivity contribution in [2.24, 2.45) is 0 Å². The lowest BCUT2D eigenvalue weighted by Gasteiger charge is -2.17. The maximum absolute atomic E-state index is 11.8. The van der Waals surface area contributed by atoms with Crippen molar-refractivity contribution >= 4 is 103 Å². The first kappa shape index (κ1) is 79.0. The van der Waals surface area contributed by atoms with Gasteiger partial charge in [0.05, 0.1) is 19.9 Å². The van der Waals surface area contributed by atoms with Gasteiger partial charge in [0.15, 0.2) is 5.78 Å². The summed E-state index contributed by atoms with van der Waals surface area (Å²) in [7, 11) is 0. The number of carbonyl (C=O) groups excluding carboxylic acids is 4. The first-order chi connectivity index (χ1) is 50.5. The lowest BCUT2D eigenvalue weighted by atomic mass is 9.90. The van der Waals surface area contributed by atoms with Crippen LogP contribution in [0.15, 0.2) is 103 Å². The predicted octanol–water partition coefficient (Wildman–Crippen LogP) is 14.8. The fourth-order valence-electron chi connectivity index (χ4n) is 14.9. The van der Waals surface area contributed by atoms with E-state index in [9.17, 15) is 59.9 Å². The molecule has 7 aromatic carbocycles. The van der Waals surface area contributed by atoms with Crippen molar-refractivity contribution in [3.05, 3.63) is 227 Å². The lowest BCUT2D eigenvalue weighted by Crippen LogP contribution is -2.35. The van der Waals surface area contributed by atoms with Crippen molar-refractivity contribution < 1.29 is 43.6 Å². The van der Waals surface area contributed by atoms with Crippen LogP contribution in [0.2, 0.25) is 5.28 Å². The Balaban J connectivity index is 0.000000143. The van der Waals surface area contributed by atoms with Crippen molar-refractivity contribution in [3.8, 4) is 0 Å². The first-order valence-electron chi connectivity index (χ1n) is 36.0. The van der Waals surface area contributed by atoms with Crippen LogP contribution >= 0.6 is 11.6 Å². The van der Waals surface area contributed by atoms with E-state index >= 15 is 0 Å². The van der Waals surface area contributed by atoms with E-state index in [1.54, 1.807) is 31.2 Å². The Morgan fingerprint density at radius 1 is 0.434 bits per heavy atom. The van der Waals surface area contributed by atoms with Gasteiger partial charge in [-0.2, -0.15) is 0 Å². The van der Waals surface area contributed by atoms with Crippen LogP contribution in [0.25, 0.3) is 22.1 Å². The second-order valence-electron chi connectivity index (χ2n) is 27.1. The highest BCUT2D eigenvalue weighted by Crippen LogP contribution is 2.38. The van der Waals surface area contributed by atoms with Crippen LogP contribution in [0.3, 0.4) is 0 Å². The molecule has 0 radical (unpaired) electrons. The molecule has 26 nitrogen and oxygen atoms in total. The fraction of sp³-hybridized carbons (Fsp3) is 0.392. The summed E-state index contributed by atoms with van der Waals surface area (Å²) >= 11 is 5.66.